The Morgan fingerprint density at radius 1 is 1.19 bits per heavy atom. The summed E-state index contributed by atoms with van der Waals surface area (Å²) in [6, 6.07) is 12.0. The lowest BCUT2D eigenvalue weighted by Gasteiger charge is -2.14. The average molecular weight is 382 g/mol. The number of benzene rings is 2. The minimum atomic E-state index is -0.524. The largest absolute Gasteiger partial charge is 0.508 e. The summed E-state index contributed by atoms with van der Waals surface area (Å²) in [6.07, 6.45) is 1.52. The van der Waals surface area contributed by atoms with Crippen molar-refractivity contribution >= 4 is 40.6 Å². The summed E-state index contributed by atoms with van der Waals surface area (Å²) in [6.45, 7) is 3.43. The summed E-state index contributed by atoms with van der Waals surface area (Å²) in [5.41, 5.74) is 3.14. The molecule has 1 fully saturated rings. The van der Waals surface area contributed by atoms with Crippen LogP contribution >= 0.6 is 11.8 Å². The number of amides is 3. The lowest BCUT2D eigenvalue weighted by Crippen LogP contribution is -2.36. The fourth-order valence-electron chi connectivity index (χ4n) is 2.61. The molecule has 2 N–H and O–H groups in total. The number of rotatable bonds is 4. The predicted octanol–water partition coefficient (Wildman–Crippen LogP) is 3.68. The van der Waals surface area contributed by atoms with Crippen molar-refractivity contribution in [3.63, 3.8) is 0 Å². The van der Waals surface area contributed by atoms with E-state index in [1.165, 1.54) is 18.2 Å². The van der Waals surface area contributed by atoms with Gasteiger partial charge in [0.2, 0.25) is 5.91 Å². The van der Waals surface area contributed by atoms with Crippen LogP contribution in [0.3, 0.4) is 0 Å². The molecule has 0 radical (unpaired) electrons. The van der Waals surface area contributed by atoms with Crippen LogP contribution in [-0.4, -0.2) is 33.6 Å². The molecule has 1 aliphatic rings. The normalized spacial score (nSPS) is 15.5. The van der Waals surface area contributed by atoms with Crippen LogP contribution in [-0.2, 0) is 9.59 Å². The number of hydrogen-bond acceptors (Lipinski definition) is 5. The third-order valence-electron chi connectivity index (χ3n) is 4.01. The molecule has 3 amide bonds. The Morgan fingerprint density at radius 2 is 1.96 bits per heavy atom. The lowest BCUT2D eigenvalue weighted by atomic mass is 10.1. The van der Waals surface area contributed by atoms with Gasteiger partial charge in [-0.05, 0) is 66.6 Å². The van der Waals surface area contributed by atoms with Crippen molar-refractivity contribution < 1.29 is 19.5 Å². The molecule has 0 unspecified atom stereocenters. The maximum Gasteiger partial charge on any atom is 0.294 e. The van der Waals surface area contributed by atoms with Crippen molar-refractivity contribution in [3.8, 4) is 5.75 Å². The van der Waals surface area contributed by atoms with Crippen LogP contribution in [0, 0.1) is 13.8 Å². The molecule has 0 bridgehead atoms. The Hall–Kier alpha value is -3.06. The molecule has 3 rings (SSSR count). The Kier molecular flexibility index (Phi) is 5.32. The molecule has 0 spiro atoms. The first-order valence-corrected chi connectivity index (χ1v) is 9.06. The van der Waals surface area contributed by atoms with Crippen LogP contribution in [0.25, 0.3) is 6.08 Å². The van der Waals surface area contributed by atoms with Crippen LogP contribution in [0.4, 0.5) is 10.5 Å². The zero-order valence-corrected chi connectivity index (χ0v) is 15.7. The summed E-state index contributed by atoms with van der Waals surface area (Å²) >= 11 is 0.773. The van der Waals surface area contributed by atoms with E-state index in [4.69, 9.17) is 0 Å². The first kappa shape index (κ1) is 18.7. The molecule has 7 heteroatoms. The molecule has 138 valence electrons. The highest BCUT2D eigenvalue weighted by Crippen LogP contribution is 2.32. The molecule has 1 heterocycles. The second-order valence-corrected chi connectivity index (χ2v) is 7.22. The molecule has 0 aromatic heterocycles. The van der Waals surface area contributed by atoms with E-state index in [0.717, 1.165) is 27.8 Å². The maximum atomic E-state index is 12.5. The van der Waals surface area contributed by atoms with E-state index in [9.17, 15) is 19.5 Å². The van der Waals surface area contributed by atoms with Crippen LogP contribution in [0.15, 0.2) is 47.4 Å². The first-order chi connectivity index (χ1) is 12.8. The molecular formula is C20H18N2O4S. The van der Waals surface area contributed by atoms with Crippen molar-refractivity contribution in [2.75, 3.05) is 11.9 Å². The van der Waals surface area contributed by atoms with Gasteiger partial charge in [0, 0.05) is 5.69 Å². The van der Waals surface area contributed by atoms with E-state index in [0.29, 0.717) is 11.3 Å². The molecule has 2 aromatic carbocycles. The Labute approximate surface area is 160 Å². The van der Waals surface area contributed by atoms with Gasteiger partial charge in [-0.2, -0.15) is 0 Å². The molecule has 6 nitrogen and oxygen atoms in total. The van der Waals surface area contributed by atoms with Gasteiger partial charge in [-0.15, -0.1) is 0 Å². The number of nitrogens with one attached hydrogen (secondary N) is 1. The fraction of sp³-hybridized carbons (Fsp3) is 0.150. The van der Waals surface area contributed by atoms with E-state index in [2.05, 4.69) is 5.32 Å². The average Bonchev–Trinajstić information content (AvgIpc) is 2.86. The van der Waals surface area contributed by atoms with Crippen molar-refractivity contribution in [2.45, 2.75) is 13.8 Å². The molecule has 0 aliphatic carbocycles. The zero-order valence-electron chi connectivity index (χ0n) is 14.9. The van der Waals surface area contributed by atoms with E-state index >= 15 is 0 Å². The van der Waals surface area contributed by atoms with Gasteiger partial charge in [0.15, 0.2) is 0 Å². The first-order valence-electron chi connectivity index (χ1n) is 8.25. The van der Waals surface area contributed by atoms with E-state index in [-0.39, 0.29) is 17.2 Å². The number of thioether (sulfide) groups is 1. The van der Waals surface area contributed by atoms with Gasteiger partial charge in [0.05, 0.1) is 4.91 Å². The third kappa shape index (κ3) is 4.38. The number of aryl methyl sites for hydroxylation is 2. The summed E-state index contributed by atoms with van der Waals surface area (Å²) in [5.74, 6) is -0.898. The van der Waals surface area contributed by atoms with Crippen molar-refractivity contribution in [3.05, 3.63) is 64.1 Å². The van der Waals surface area contributed by atoms with Gasteiger partial charge in [-0.1, -0.05) is 24.3 Å². The van der Waals surface area contributed by atoms with Gasteiger partial charge in [-0.3, -0.25) is 19.3 Å². The Morgan fingerprint density at radius 3 is 2.70 bits per heavy atom. The number of phenols is 1. The lowest BCUT2D eigenvalue weighted by molar-refractivity contribution is -0.127. The van der Waals surface area contributed by atoms with Crippen molar-refractivity contribution in [1.82, 2.24) is 4.90 Å². The second-order valence-electron chi connectivity index (χ2n) is 6.23. The van der Waals surface area contributed by atoms with Crippen molar-refractivity contribution in [1.29, 1.82) is 0 Å². The standard InChI is InChI=1S/C20H18N2O4S/c1-12-6-7-13(2)16(8-12)21-18(24)11-22-19(25)17(27-20(22)26)10-14-4-3-5-15(23)9-14/h3-10,23H,11H2,1-2H3,(H,21,24)/b17-10+. The molecule has 1 saturated heterocycles. The van der Waals surface area contributed by atoms with Gasteiger partial charge in [0.25, 0.3) is 11.1 Å². The SMILES string of the molecule is Cc1ccc(C)c(NC(=O)CN2C(=O)S/C(=C/c3cccc(O)c3)C2=O)c1. The van der Waals surface area contributed by atoms with Gasteiger partial charge < -0.3 is 10.4 Å². The smallest absolute Gasteiger partial charge is 0.294 e. The summed E-state index contributed by atoms with van der Waals surface area (Å²) < 4.78 is 0. The van der Waals surface area contributed by atoms with Gasteiger partial charge in [-0.25, -0.2) is 0 Å². The monoisotopic (exact) mass is 382 g/mol. The molecule has 2 aromatic rings. The summed E-state index contributed by atoms with van der Waals surface area (Å²) in [7, 11) is 0. The molecular weight excluding hydrogens is 364 g/mol. The molecule has 1 aliphatic heterocycles. The van der Waals surface area contributed by atoms with Gasteiger partial charge >= 0.3 is 0 Å². The van der Waals surface area contributed by atoms with Crippen LogP contribution in [0.2, 0.25) is 0 Å². The number of phenolic OH excluding ortho intramolecular Hbond substituents is 1. The Balaban J connectivity index is 1.72. The highest BCUT2D eigenvalue weighted by molar-refractivity contribution is 8.18. The van der Waals surface area contributed by atoms with Gasteiger partial charge in [0.1, 0.15) is 12.3 Å². The number of hydrogen-bond donors (Lipinski definition) is 2. The summed E-state index contributed by atoms with van der Waals surface area (Å²) in [5, 5.41) is 11.8. The van der Waals surface area contributed by atoms with E-state index < -0.39 is 17.1 Å². The fourth-order valence-corrected chi connectivity index (χ4v) is 3.44. The third-order valence-corrected chi connectivity index (χ3v) is 4.92. The predicted molar refractivity (Wildman–Crippen MR) is 105 cm³/mol. The quantitative estimate of drug-likeness (QED) is 0.788. The maximum absolute atomic E-state index is 12.5. The zero-order chi connectivity index (χ0) is 19.6. The molecule has 27 heavy (non-hydrogen) atoms. The number of aromatic hydroxyl groups is 1. The molecule has 0 atom stereocenters. The van der Waals surface area contributed by atoms with Crippen molar-refractivity contribution in [2.24, 2.45) is 0 Å². The number of carbonyl (C=O) groups is 3. The number of carbonyl (C=O) groups excluding carboxylic acids is 3. The van der Waals surface area contributed by atoms with E-state index in [1.54, 1.807) is 12.1 Å². The minimum absolute atomic E-state index is 0.0656. The second kappa shape index (κ2) is 7.67. The highest BCUT2D eigenvalue weighted by atomic mass is 32.2. The number of imide groups is 1. The van der Waals surface area contributed by atoms with Crippen LogP contribution in [0.1, 0.15) is 16.7 Å². The van der Waals surface area contributed by atoms with Crippen LogP contribution < -0.4 is 5.32 Å². The topological polar surface area (TPSA) is 86.7 Å². The molecule has 0 saturated carbocycles. The summed E-state index contributed by atoms with van der Waals surface area (Å²) in [4.78, 5) is 38.1. The number of nitrogens with zero attached hydrogens (tertiary/aromatic N) is 1. The number of anilines is 1. The Bertz CT molecular complexity index is 968. The minimum Gasteiger partial charge on any atom is -0.508 e. The van der Waals surface area contributed by atoms with E-state index in [1.807, 2.05) is 32.0 Å². The highest BCUT2D eigenvalue weighted by Gasteiger charge is 2.36. The van der Waals surface area contributed by atoms with Crippen LogP contribution in [0.5, 0.6) is 5.75 Å².